The van der Waals surface area contributed by atoms with E-state index in [1.54, 1.807) is 18.2 Å². The molecule has 5 nitrogen and oxygen atoms in total. The number of carbonyl (C=O) groups excluding carboxylic acids is 1. The lowest BCUT2D eigenvalue weighted by Crippen LogP contribution is -2.12. The van der Waals surface area contributed by atoms with Crippen LogP contribution in [0.1, 0.15) is 24.2 Å². The maximum atomic E-state index is 12.3. The zero-order valence-electron chi connectivity index (χ0n) is 14.1. The van der Waals surface area contributed by atoms with Crippen molar-refractivity contribution in [2.24, 2.45) is 0 Å². The fourth-order valence-electron chi connectivity index (χ4n) is 2.09. The van der Waals surface area contributed by atoms with Crippen molar-refractivity contribution in [1.82, 2.24) is 0 Å². The van der Waals surface area contributed by atoms with Crippen molar-refractivity contribution in [3.05, 3.63) is 54.1 Å². The number of nitrogens with one attached hydrogen (secondary N) is 1. The summed E-state index contributed by atoms with van der Waals surface area (Å²) in [6, 6.07) is 14.4. The lowest BCUT2D eigenvalue weighted by atomic mass is 10.2. The monoisotopic (exact) mass is 329 g/mol. The number of carbonyl (C=O) groups is 1. The molecule has 1 N–H and O–H groups in total. The molecule has 0 spiro atoms. The highest BCUT2D eigenvalue weighted by atomic mass is 16.5. The summed E-state index contributed by atoms with van der Waals surface area (Å²) >= 11 is 0. The highest BCUT2D eigenvalue weighted by Crippen LogP contribution is 2.18. The summed E-state index contributed by atoms with van der Waals surface area (Å²) in [6.45, 7) is 6.12. The first-order chi connectivity index (χ1) is 11.7. The summed E-state index contributed by atoms with van der Waals surface area (Å²) in [6.07, 6.45) is 0. The van der Waals surface area contributed by atoms with Gasteiger partial charge in [0.15, 0.2) is 0 Å². The Morgan fingerprint density at radius 2 is 1.71 bits per heavy atom. The van der Waals surface area contributed by atoms with Crippen LogP contribution in [0, 0.1) is 0 Å². The third kappa shape index (κ3) is 5.59. The molecule has 0 aliphatic rings. The molecule has 0 saturated heterocycles. The summed E-state index contributed by atoms with van der Waals surface area (Å²) in [5.41, 5.74) is 1.25. The average molecular weight is 329 g/mol. The van der Waals surface area contributed by atoms with Crippen molar-refractivity contribution >= 4 is 11.6 Å². The lowest BCUT2D eigenvalue weighted by Gasteiger charge is -2.09. The van der Waals surface area contributed by atoms with Crippen LogP contribution in [-0.2, 0) is 4.74 Å². The summed E-state index contributed by atoms with van der Waals surface area (Å²) in [5, 5.41) is 2.86. The molecular weight excluding hydrogens is 306 g/mol. The van der Waals surface area contributed by atoms with Gasteiger partial charge in [-0.1, -0.05) is 6.07 Å². The second kappa shape index (κ2) is 9.57. The number of anilines is 1. The Labute approximate surface area is 142 Å². The minimum Gasteiger partial charge on any atom is -0.494 e. The van der Waals surface area contributed by atoms with Crippen LogP contribution < -0.4 is 14.8 Å². The molecule has 0 atom stereocenters. The van der Waals surface area contributed by atoms with Gasteiger partial charge >= 0.3 is 0 Å². The van der Waals surface area contributed by atoms with Crippen molar-refractivity contribution in [3.63, 3.8) is 0 Å². The highest BCUT2D eigenvalue weighted by Gasteiger charge is 2.07. The van der Waals surface area contributed by atoms with Gasteiger partial charge < -0.3 is 19.5 Å². The molecular formula is C19H23NO4. The van der Waals surface area contributed by atoms with Crippen LogP contribution in [0.5, 0.6) is 11.5 Å². The van der Waals surface area contributed by atoms with Crippen LogP contribution >= 0.6 is 0 Å². The van der Waals surface area contributed by atoms with Crippen LogP contribution in [0.25, 0.3) is 0 Å². The summed E-state index contributed by atoms with van der Waals surface area (Å²) in [7, 11) is 0. The number of hydrogen-bond donors (Lipinski definition) is 1. The smallest absolute Gasteiger partial charge is 0.255 e. The van der Waals surface area contributed by atoms with Gasteiger partial charge in [0, 0.05) is 17.9 Å². The Morgan fingerprint density at radius 3 is 2.42 bits per heavy atom. The maximum absolute atomic E-state index is 12.3. The van der Waals surface area contributed by atoms with Crippen LogP contribution in [-0.4, -0.2) is 32.3 Å². The molecule has 0 unspecified atom stereocenters. The number of rotatable bonds is 9. The Morgan fingerprint density at radius 1 is 0.917 bits per heavy atom. The minimum absolute atomic E-state index is 0.186. The second-order valence-corrected chi connectivity index (χ2v) is 4.98. The summed E-state index contributed by atoms with van der Waals surface area (Å²) in [5.74, 6) is 1.24. The summed E-state index contributed by atoms with van der Waals surface area (Å²) < 4.78 is 16.2. The quantitative estimate of drug-likeness (QED) is 0.712. The van der Waals surface area contributed by atoms with E-state index in [1.807, 2.05) is 44.2 Å². The van der Waals surface area contributed by atoms with Gasteiger partial charge in [0.1, 0.15) is 18.1 Å². The Bertz CT molecular complexity index is 640. The molecule has 0 saturated carbocycles. The molecule has 128 valence electrons. The van der Waals surface area contributed by atoms with Crippen molar-refractivity contribution in [3.8, 4) is 11.5 Å². The van der Waals surface area contributed by atoms with E-state index in [9.17, 15) is 4.79 Å². The van der Waals surface area contributed by atoms with Crippen molar-refractivity contribution in [2.75, 3.05) is 31.7 Å². The molecule has 24 heavy (non-hydrogen) atoms. The standard InChI is InChI=1S/C19H23NO4/c1-3-22-12-13-24-18-7-5-6-15(14-18)19(21)20-16-8-10-17(11-9-16)23-4-2/h5-11,14H,3-4,12-13H2,1-2H3,(H,20,21). The number of benzene rings is 2. The molecule has 2 aromatic rings. The normalized spacial score (nSPS) is 10.2. The number of ether oxygens (including phenoxy) is 3. The SMILES string of the molecule is CCOCCOc1cccc(C(=O)Nc2ccc(OCC)cc2)c1. The lowest BCUT2D eigenvalue weighted by molar-refractivity contribution is 0.102. The molecule has 0 aliphatic carbocycles. The van der Waals surface area contributed by atoms with Gasteiger partial charge in [-0.3, -0.25) is 4.79 Å². The van der Waals surface area contributed by atoms with Crippen LogP contribution in [0.15, 0.2) is 48.5 Å². The third-order valence-electron chi connectivity index (χ3n) is 3.22. The van der Waals surface area contributed by atoms with Crippen LogP contribution in [0.2, 0.25) is 0 Å². The van der Waals surface area contributed by atoms with E-state index >= 15 is 0 Å². The van der Waals surface area contributed by atoms with E-state index in [1.165, 1.54) is 0 Å². The number of amides is 1. The van der Waals surface area contributed by atoms with Gasteiger partial charge in [-0.05, 0) is 56.3 Å². The third-order valence-corrected chi connectivity index (χ3v) is 3.22. The molecule has 5 heteroatoms. The van der Waals surface area contributed by atoms with Gasteiger partial charge in [0.05, 0.1) is 13.2 Å². The van der Waals surface area contributed by atoms with E-state index in [2.05, 4.69) is 5.32 Å². The minimum atomic E-state index is -0.186. The molecule has 0 aliphatic heterocycles. The molecule has 0 heterocycles. The largest absolute Gasteiger partial charge is 0.494 e. The van der Waals surface area contributed by atoms with E-state index in [-0.39, 0.29) is 5.91 Å². The van der Waals surface area contributed by atoms with E-state index < -0.39 is 0 Å². The first-order valence-corrected chi connectivity index (χ1v) is 8.07. The van der Waals surface area contributed by atoms with Gasteiger partial charge in [0.25, 0.3) is 5.91 Å². The van der Waals surface area contributed by atoms with Crippen molar-refractivity contribution in [1.29, 1.82) is 0 Å². The summed E-state index contributed by atoms with van der Waals surface area (Å²) in [4.78, 5) is 12.3. The van der Waals surface area contributed by atoms with Crippen molar-refractivity contribution in [2.45, 2.75) is 13.8 Å². The Kier molecular flexibility index (Phi) is 7.11. The molecule has 2 aromatic carbocycles. The molecule has 0 radical (unpaired) electrons. The first-order valence-electron chi connectivity index (χ1n) is 8.07. The number of hydrogen-bond acceptors (Lipinski definition) is 4. The zero-order valence-corrected chi connectivity index (χ0v) is 14.1. The highest BCUT2D eigenvalue weighted by molar-refractivity contribution is 6.04. The topological polar surface area (TPSA) is 56.8 Å². The maximum Gasteiger partial charge on any atom is 0.255 e. The van der Waals surface area contributed by atoms with Gasteiger partial charge in [-0.2, -0.15) is 0 Å². The second-order valence-electron chi connectivity index (χ2n) is 4.98. The van der Waals surface area contributed by atoms with Gasteiger partial charge in [0.2, 0.25) is 0 Å². The molecule has 0 aromatic heterocycles. The van der Waals surface area contributed by atoms with Crippen molar-refractivity contribution < 1.29 is 19.0 Å². The molecule has 1 amide bonds. The van der Waals surface area contributed by atoms with Crippen LogP contribution in [0.3, 0.4) is 0 Å². The fourth-order valence-corrected chi connectivity index (χ4v) is 2.09. The molecule has 0 fully saturated rings. The molecule has 0 bridgehead atoms. The predicted octanol–water partition coefficient (Wildman–Crippen LogP) is 3.75. The van der Waals surface area contributed by atoms with Gasteiger partial charge in [-0.15, -0.1) is 0 Å². The molecule has 2 rings (SSSR count). The van der Waals surface area contributed by atoms with E-state index in [0.717, 1.165) is 5.75 Å². The predicted molar refractivity (Wildman–Crippen MR) is 94.0 cm³/mol. The Balaban J connectivity index is 1.94. The fraction of sp³-hybridized carbons (Fsp3) is 0.316. The first kappa shape index (κ1) is 17.8. The van der Waals surface area contributed by atoms with E-state index in [0.29, 0.717) is 43.4 Å². The Hall–Kier alpha value is -2.53. The zero-order chi connectivity index (χ0) is 17.2. The van der Waals surface area contributed by atoms with Crippen LogP contribution in [0.4, 0.5) is 5.69 Å². The van der Waals surface area contributed by atoms with Gasteiger partial charge in [-0.25, -0.2) is 0 Å². The van der Waals surface area contributed by atoms with E-state index in [4.69, 9.17) is 14.2 Å². The average Bonchev–Trinajstić information content (AvgIpc) is 2.61.